The minimum Gasteiger partial charge on any atom is -0.258 e. The lowest BCUT2D eigenvalue weighted by Crippen LogP contribution is -1.95. The summed E-state index contributed by atoms with van der Waals surface area (Å²) in [7, 11) is 0. The zero-order valence-electron chi connectivity index (χ0n) is 9.68. The van der Waals surface area contributed by atoms with Crippen LogP contribution in [-0.2, 0) is 0 Å². The Bertz CT molecular complexity index is 251. The molecule has 0 aliphatic carbocycles. The standard InChI is InChI=1S/C10H15N.C2H6/c1-7(2)10-6-5-8(3)11-9(10)4;1-2/h5-7H,1-4H3;1-2H3. The maximum Gasteiger partial charge on any atom is 0.0410 e. The van der Waals surface area contributed by atoms with Gasteiger partial charge in [-0.3, -0.25) is 4.98 Å². The van der Waals surface area contributed by atoms with E-state index in [-0.39, 0.29) is 0 Å². The summed E-state index contributed by atoms with van der Waals surface area (Å²) in [5, 5.41) is 0. The van der Waals surface area contributed by atoms with Crippen LogP contribution in [0.5, 0.6) is 0 Å². The van der Waals surface area contributed by atoms with E-state index in [2.05, 4.69) is 37.9 Å². The summed E-state index contributed by atoms with van der Waals surface area (Å²) in [5.41, 5.74) is 3.63. The van der Waals surface area contributed by atoms with E-state index in [1.54, 1.807) is 0 Å². The van der Waals surface area contributed by atoms with Crippen LogP contribution < -0.4 is 0 Å². The Morgan fingerprint density at radius 1 is 1.08 bits per heavy atom. The summed E-state index contributed by atoms with van der Waals surface area (Å²) >= 11 is 0. The van der Waals surface area contributed by atoms with Gasteiger partial charge in [0.1, 0.15) is 0 Å². The second-order valence-corrected chi connectivity index (χ2v) is 3.28. The largest absolute Gasteiger partial charge is 0.258 e. The van der Waals surface area contributed by atoms with Crippen molar-refractivity contribution < 1.29 is 0 Å². The molecule has 1 heteroatoms. The number of hydrogen-bond donors (Lipinski definition) is 0. The van der Waals surface area contributed by atoms with Crippen molar-refractivity contribution in [1.29, 1.82) is 0 Å². The molecule has 0 saturated heterocycles. The first kappa shape index (κ1) is 12.2. The highest BCUT2D eigenvalue weighted by Gasteiger charge is 2.02. The van der Waals surface area contributed by atoms with Crippen molar-refractivity contribution in [2.75, 3.05) is 0 Å². The Balaban J connectivity index is 0.000000671. The van der Waals surface area contributed by atoms with Crippen LogP contribution in [-0.4, -0.2) is 4.98 Å². The van der Waals surface area contributed by atoms with Crippen molar-refractivity contribution >= 4 is 0 Å². The predicted octanol–water partition coefficient (Wildman–Crippen LogP) is 3.85. The van der Waals surface area contributed by atoms with Gasteiger partial charge in [0, 0.05) is 11.4 Å². The molecule has 0 unspecified atom stereocenters. The topological polar surface area (TPSA) is 12.9 Å². The van der Waals surface area contributed by atoms with Crippen molar-refractivity contribution in [3.8, 4) is 0 Å². The third kappa shape index (κ3) is 3.58. The maximum atomic E-state index is 4.39. The molecule has 0 spiro atoms. The SMILES string of the molecule is CC.Cc1ccc(C(C)C)c(C)n1. The lowest BCUT2D eigenvalue weighted by Gasteiger charge is -2.08. The average molecular weight is 179 g/mol. The van der Waals surface area contributed by atoms with E-state index < -0.39 is 0 Å². The molecule has 0 aromatic carbocycles. The molecule has 0 N–H and O–H groups in total. The van der Waals surface area contributed by atoms with E-state index in [0.29, 0.717) is 5.92 Å². The van der Waals surface area contributed by atoms with Gasteiger partial charge in [-0.25, -0.2) is 0 Å². The molecule has 0 atom stereocenters. The van der Waals surface area contributed by atoms with Gasteiger partial charge in [-0.15, -0.1) is 0 Å². The number of nitrogens with zero attached hydrogens (tertiary/aromatic N) is 1. The van der Waals surface area contributed by atoms with Gasteiger partial charge in [-0.2, -0.15) is 0 Å². The zero-order valence-corrected chi connectivity index (χ0v) is 9.68. The molecule has 1 nitrogen and oxygen atoms in total. The fourth-order valence-electron chi connectivity index (χ4n) is 1.31. The first-order chi connectivity index (χ1) is 6.11. The Labute approximate surface area is 82.2 Å². The van der Waals surface area contributed by atoms with Crippen LogP contribution in [0, 0.1) is 13.8 Å². The quantitative estimate of drug-likeness (QED) is 0.638. The summed E-state index contributed by atoms with van der Waals surface area (Å²) in [5.74, 6) is 0.586. The Morgan fingerprint density at radius 2 is 1.62 bits per heavy atom. The zero-order chi connectivity index (χ0) is 10.4. The number of aromatic nitrogens is 1. The van der Waals surface area contributed by atoms with Gasteiger partial charge in [0.05, 0.1) is 0 Å². The van der Waals surface area contributed by atoms with E-state index >= 15 is 0 Å². The van der Waals surface area contributed by atoms with Crippen LogP contribution >= 0.6 is 0 Å². The molecule has 0 aliphatic rings. The highest BCUT2D eigenvalue weighted by atomic mass is 14.7. The van der Waals surface area contributed by atoms with E-state index in [4.69, 9.17) is 0 Å². The Hall–Kier alpha value is -0.850. The van der Waals surface area contributed by atoms with Gasteiger partial charge in [0.2, 0.25) is 0 Å². The molecule has 0 radical (unpaired) electrons. The van der Waals surface area contributed by atoms with Gasteiger partial charge >= 0.3 is 0 Å². The summed E-state index contributed by atoms with van der Waals surface area (Å²) in [6.45, 7) is 12.5. The molecule has 0 aliphatic heterocycles. The van der Waals surface area contributed by atoms with E-state index in [9.17, 15) is 0 Å². The number of rotatable bonds is 1. The molecule has 0 fully saturated rings. The minimum absolute atomic E-state index is 0.586. The molecular weight excluding hydrogens is 158 g/mol. The Kier molecular flexibility index (Phi) is 5.36. The van der Waals surface area contributed by atoms with Crippen LogP contribution in [0.4, 0.5) is 0 Å². The lowest BCUT2D eigenvalue weighted by atomic mass is 10.0. The van der Waals surface area contributed by atoms with Gasteiger partial charge < -0.3 is 0 Å². The Morgan fingerprint density at radius 3 is 2.00 bits per heavy atom. The van der Waals surface area contributed by atoms with Gasteiger partial charge in [-0.1, -0.05) is 33.8 Å². The van der Waals surface area contributed by atoms with Crippen LogP contribution in [0.1, 0.15) is 50.6 Å². The van der Waals surface area contributed by atoms with Gasteiger partial charge in [-0.05, 0) is 31.4 Å². The van der Waals surface area contributed by atoms with Crippen molar-refractivity contribution in [1.82, 2.24) is 4.98 Å². The van der Waals surface area contributed by atoms with Crippen LogP contribution in [0.25, 0.3) is 0 Å². The highest BCUT2D eigenvalue weighted by Crippen LogP contribution is 2.16. The molecule has 0 bridgehead atoms. The molecule has 0 amide bonds. The molecule has 1 rings (SSSR count). The fraction of sp³-hybridized carbons (Fsp3) is 0.583. The molecule has 0 saturated carbocycles. The monoisotopic (exact) mass is 179 g/mol. The van der Waals surface area contributed by atoms with Crippen LogP contribution in [0.3, 0.4) is 0 Å². The molecule has 1 heterocycles. The first-order valence-electron chi connectivity index (χ1n) is 5.05. The number of hydrogen-bond acceptors (Lipinski definition) is 1. The fourth-order valence-corrected chi connectivity index (χ4v) is 1.31. The summed E-state index contributed by atoms with van der Waals surface area (Å²) in [6, 6.07) is 4.24. The second kappa shape index (κ2) is 5.74. The summed E-state index contributed by atoms with van der Waals surface area (Å²) in [4.78, 5) is 4.39. The van der Waals surface area contributed by atoms with Crippen LogP contribution in [0.15, 0.2) is 12.1 Å². The smallest absolute Gasteiger partial charge is 0.0410 e. The van der Waals surface area contributed by atoms with Crippen molar-refractivity contribution in [3.05, 3.63) is 29.1 Å². The third-order valence-electron chi connectivity index (χ3n) is 1.89. The molecule has 1 aromatic heterocycles. The average Bonchev–Trinajstić information content (AvgIpc) is 2.07. The first-order valence-corrected chi connectivity index (χ1v) is 5.05. The van der Waals surface area contributed by atoms with Crippen molar-refractivity contribution in [2.45, 2.75) is 47.5 Å². The van der Waals surface area contributed by atoms with Crippen molar-refractivity contribution in [3.63, 3.8) is 0 Å². The minimum atomic E-state index is 0.586. The van der Waals surface area contributed by atoms with Crippen LogP contribution in [0.2, 0.25) is 0 Å². The van der Waals surface area contributed by atoms with E-state index in [1.165, 1.54) is 11.3 Å². The lowest BCUT2D eigenvalue weighted by molar-refractivity contribution is 0.839. The molecule has 74 valence electrons. The highest BCUT2D eigenvalue weighted by molar-refractivity contribution is 5.24. The number of aryl methyl sites for hydroxylation is 2. The van der Waals surface area contributed by atoms with E-state index in [1.807, 2.05) is 20.8 Å². The second-order valence-electron chi connectivity index (χ2n) is 3.28. The molecule has 13 heavy (non-hydrogen) atoms. The summed E-state index contributed by atoms with van der Waals surface area (Å²) in [6.07, 6.45) is 0. The molecular formula is C12H21N. The van der Waals surface area contributed by atoms with Gasteiger partial charge in [0.25, 0.3) is 0 Å². The van der Waals surface area contributed by atoms with Gasteiger partial charge in [0.15, 0.2) is 0 Å². The molecule has 1 aromatic rings. The van der Waals surface area contributed by atoms with E-state index in [0.717, 1.165) is 5.69 Å². The number of pyridine rings is 1. The predicted molar refractivity (Wildman–Crippen MR) is 59.1 cm³/mol. The normalized spacial score (nSPS) is 9.46. The summed E-state index contributed by atoms with van der Waals surface area (Å²) < 4.78 is 0. The maximum absolute atomic E-state index is 4.39. The van der Waals surface area contributed by atoms with Crippen molar-refractivity contribution in [2.24, 2.45) is 0 Å². The third-order valence-corrected chi connectivity index (χ3v) is 1.89.